The Kier molecular flexibility index (Phi) is 5.20. The van der Waals surface area contributed by atoms with E-state index in [-0.39, 0.29) is 0 Å². The minimum absolute atomic E-state index is 0.317. The molecule has 0 aliphatic carbocycles. The number of benzene rings is 1. The van der Waals surface area contributed by atoms with Gasteiger partial charge in [-0.05, 0) is 24.6 Å². The van der Waals surface area contributed by atoms with Gasteiger partial charge in [-0.25, -0.2) is 8.42 Å². The van der Waals surface area contributed by atoms with Crippen molar-refractivity contribution in [3.63, 3.8) is 0 Å². The lowest BCUT2D eigenvalue weighted by atomic mass is 10.2. The molecule has 2 aromatic rings. The van der Waals surface area contributed by atoms with Crippen LogP contribution in [0.15, 0.2) is 28.6 Å². The normalized spacial score (nSPS) is 11.8. The molecule has 6 nitrogen and oxygen atoms in total. The van der Waals surface area contributed by atoms with Crippen LogP contribution in [-0.4, -0.2) is 42.1 Å². The molecule has 0 saturated heterocycles. The predicted molar refractivity (Wildman–Crippen MR) is 87.7 cm³/mol. The highest BCUT2D eigenvalue weighted by molar-refractivity contribution is 8.01. The third-order valence-electron chi connectivity index (χ3n) is 2.61. The third-order valence-corrected chi connectivity index (χ3v) is 6.12. The first-order valence-corrected chi connectivity index (χ1v) is 9.71. The lowest BCUT2D eigenvalue weighted by Crippen LogP contribution is -2.24. The van der Waals surface area contributed by atoms with Crippen LogP contribution >= 0.6 is 23.1 Å². The van der Waals surface area contributed by atoms with Crippen molar-refractivity contribution in [3.05, 3.63) is 29.8 Å². The summed E-state index contributed by atoms with van der Waals surface area (Å²) in [6.45, 7) is 2.02. The monoisotopic (exact) mass is 344 g/mol. The van der Waals surface area contributed by atoms with E-state index in [1.807, 2.05) is 31.2 Å². The summed E-state index contributed by atoms with van der Waals surface area (Å²) in [6.07, 6.45) is 1.18. The van der Waals surface area contributed by atoms with Gasteiger partial charge in [-0.15, -0.1) is 10.2 Å². The summed E-state index contributed by atoms with van der Waals surface area (Å²) in [5.74, 6) is 0.317. The van der Waals surface area contributed by atoms with Gasteiger partial charge < -0.3 is 5.32 Å². The van der Waals surface area contributed by atoms with Gasteiger partial charge in [-0.1, -0.05) is 35.2 Å². The van der Waals surface area contributed by atoms with Crippen LogP contribution in [0.1, 0.15) is 5.56 Å². The summed E-state index contributed by atoms with van der Waals surface area (Å²) in [5.41, 5.74) is 2.12. The molecule has 0 aliphatic rings. The zero-order valence-electron chi connectivity index (χ0n) is 11.9. The van der Waals surface area contributed by atoms with E-state index in [1.54, 1.807) is 0 Å². The van der Waals surface area contributed by atoms with Crippen molar-refractivity contribution in [1.82, 2.24) is 14.5 Å². The molecule has 21 heavy (non-hydrogen) atoms. The van der Waals surface area contributed by atoms with Crippen LogP contribution < -0.4 is 5.32 Å². The smallest absolute Gasteiger partial charge is 0.211 e. The van der Waals surface area contributed by atoms with Crippen LogP contribution in [0, 0.1) is 6.92 Å². The largest absolute Gasteiger partial charge is 0.330 e. The first kappa shape index (κ1) is 16.2. The molecule has 0 fully saturated rings. The van der Waals surface area contributed by atoms with Crippen LogP contribution in [0.3, 0.4) is 0 Å². The summed E-state index contributed by atoms with van der Waals surface area (Å²) in [6, 6.07) is 7.97. The molecule has 1 N–H and O–H groups in total. The second-order valence-electron chi connectivity index (χ2n) is 4.50. The molecule has 114 valence electrons. The van der Waals surface area contributed by atoms with Gasteiger partial charge in [-0.3, -0.25) is 0 Å². The maximum absolute atomic E-state index is 11.3. The van der Waals surface area contributed by atoms with Crippen LogP contribution in [0.5, 0.6) is 0 Å². The molecule has 0 amide bonds. The van der Waals surface area contributed by atoms with Gasteiger partial charge in [0.25, 0.3) is 0 Å². The number of rotatable bonds is 6. The molecular formula is C12H16N4O2S3. The molecule has 1 aromatic carbocycles. The van der Waals surface area contributed by atoms with Crippen molar-refractivity contribution in [1.29, 1.82) is 0 Å². The third kappa shape index (κ3) is 4.95. The molecule has 0 spiro atoms. The van der Waals surface area contributed by atoms with Crippen molar-refractivity contribution in [2.24, 2.45) is 0 Å². The van der Waals surface area contributed by atoms with Gasteiger partial charge in [0.2, 0.25) is 15.2 Å². The van der Waals surface area contributed by atoms with Crippen molar-refractivity contribution < 1.29 is 8.42 Å². The summed E-state index contributed by atoms with van der Waals surface area (Å²) in [5, 5.41) is 12.0. The van der Waals surface area contributed by atoms with Gasteiger partial charge in [0.05, 0.1) is 12.1 Å². The highest BCUT2D eigenvalue weighted by Crippen LogP contribution is 2.28. The molecule has 0 unspecified atom stereocenters. The molecule has 1 heterocycles. The molecule has 0 bridgehead atoms. The maximum atomic E-state index is 11.3. The highest BCUT2D eigenvalue weighted by atomic mass is 32.2. The molecule has 1 aromatic heterocycles. The van der Waals surface area contributed by atoms with Crippen LogP contribution in [0.2, 0.25) is 0 Å². The van der Waals surface area contributed by atoms with Crippen LogP contribution in [-0.2, 0) is 10.0 Å². The summed E-state index contributed by atoms with van der Waals surface area (Å²) in [7, 11) is -1.63. The Morgan fingerprint density at radius 2 is 2.14 bits per heavy atom. The number of aryl methyl sites for hydroxylation is 1. The summed E-state index contributed by atoms with van der Waals surface area (Å²) in [4.78, 5) is 0. The van der Waals surface area contributed by atoms with Gasteiger partial charge in [0.1, 0.15) is 0 Å². The van der Waals surface area contributed by atoms with E-state index in [0.29, 0.717) is 11.0 Å². The van der Waals surface area contributed by atoms with Gasteiger partial charge in [0.15, 0.2) is 4.34 Å². The quantitative estimate of drug-likeness (QED) is 0.641. The van der Waals surface area contributed by atoms with E-state index in [0.717, 1.165) is 15.6 Å². The van der Waals surface area contributed by atoms with Gasteiger partial charge in [0, 0.05) is 12.7 Å². The average molecular weight is 344 g/mol. The van der Waals surface area contributed by atoms with Crippen molar-refractivity contribution in [2.45, 2.75) is 11.3 Å². The van der Waals surface area contributed by atoms with Gasteiger partial charge in [-0.2, -0.15) is 4.31 Å². The predicted octanol–water partition coefficient (Wildman–Crippen LogP) is 2.53. The first-order chi connectivity index (χ1) is 9.84. The second-order valence-corrected chi connectivity index (χ2v) is 8.76. The van der Waals surface area contributed by atoms with E-state index < -0.39 is 10.0 Å². The van der Waals surface area contributed by atoms with E-state index in [9.17, 15) is 8.42 Å². The topological polar surface area (TPSA) is 75.2 Å². The lowest BCUT2D eigenvalue weighted by molar-refractivity contribution is 0.519. The number of aromatic nitrogens is 2. The number of hydrogen-bond donors (Lipinski definition) is 1. The fraction of sp³-hybridized carbons (Fsp3) is 0.333. The second kappa shape index (κ2) is 6.73. The minimum Gasteiger partial charge on any atom is -0.330 e. The Morgan fingerprint density at radius 3 is 2.81 bits per heavy atom. The highest BCUT2D eigenvalue weighted by Gasteiger charge is 2.13. The van der Waals surface area contributed by atoms with E-state index in [2.05, 4.69) is 15.5 Å². The zero-order chi connectivity index (χ0) is 15.5. The minimum atomic E-state index is -3.17. The number of anilines is 2. The number of nitrogens with one attached hydrogen (secondary N) is 1. The van der Waals surface area contributed by atoms with E-state index in [1.165, 1.54) is 40.7 Å². The first-order valence-electron chi connectivity index (χ1n) is 6.06. The summed E-state index contributed by atoms with van der Waals surface area (Å²) < 4.78 is 24.6. The van der Waals surface area contributed by atoms with Crippen molar-refractivity contribution >= 4 is 43.9 Å². The van der Waals surface area contributed by atoms with Crippen LogP contribution in [0.25, 0.3) is 0 Å². The van der Waals surface area contributed by atoms with E-state index >= 15 is 0 Å². The SMILES string of the molecule is Cc1cccc(Nc2nnc(SCN(C)S(C)(=O)=O)s2)c1. The number of thioether (sulfide) groups is 1. The molecule has 0 saturated carbocycles. The Labute approximate surface area is 132 Å². The number of nitrogens with zero attached hydrogens (tertiary/aromatic N) is 3. The fourth-order valence-corrected chi connectivity index (χ4v) is 3.85. The Bertz CT molecular complexity index is 715. The Balaban J connectivity index is 1.96. The number of sulfonamides is 1. The maximum Gasteiger partial charge on any atom is 0.211 e. The Hall–Kier alpha value is -1.16. The summed E-state index contributed by atoms with van der Waals surface area (Å²) >= 11 is 2.74. The number of hydrogen-bond acceptors (Lipinski definition) is 7. The molecule has 9 heteroatoms. The fourth-order valence-electron chi connectivity index (χ4n) is 1.41. The molecular weight excluding hydrogens is 328 g/mol. The van der Waals surface area contributed by atoms with Crippen molar-refractivity contribution in [2.75, 3.05) is 24.5 Å². The van der Waals surface area contributed by atoms with Gasteiger partial charge >= 0.3 is 0 Å². The molecule has 0 radical (unpaired) electrons. The Morgan fingerprint density at radius 1 is 1.38 bits per heavy atom. The average Bonchev–Trinajstić information content (AvgIpc) is 2.82. The zero-order valence-corrected chi connectivity index (χ0v) is 14.3. The molecule has 0 aliphatic heterocycles. The lowest BCUT2D eigenvalue weighted by Gasteiger charge is -2.11. The van der Waals surface area contributed by atoms with Crippen LogP contribution in [0.4, 0.5) is 10.8 Å². The molecule has 0 atom stereocenters. The standard InChI is InChI=1S/C12H16N4O2S3/c1-9-5-4-6-10(7-9)13-11-14-15-12(20-11)19-8-16(2)21(3,17)18/h4-7H,8H2,1-3H3,(H,13,14). The molecule has 2 rings (SSSR count). The van der Waals surface area contributed by atoms with Crippen molar-refractivity contribution in [3.8, 4) is 0 Å². The van der Waals surface area contributed by atoms with E-state index in [4.69, 9.17) is 0 Å².